The molecule has 2 aromatic rings. The predicted octanol–water partition coefficient (Wildman–Crippen LogP) is 3.82. The summed E-state index contributed by atoms with van der Waals surface area (Å²) < 4.78 is 0. The molecule has 1 atom stereocenters. The number of benzene rings is 1. The van der Waals surface area contributed by atoms with Crippen LogP contribution in [0.5, 0.6) is 0 Å². The summed E-state index contributed by atoms with van der Waals surface area (Å²) in [6.45, 7) is 2.21. The number of carbonyl (C=O) groups is 1. The van der Waals surface area contributed by atoms with Crippen LogP contribution in [0.3, 0.4) is 0 Å². The molecule has 0 fully saturated rings. The second-order valence-corrected chi connectivity index (χ2v) is 6.29. The Morgan fingerprint density at radius 2 is 2.29 bits per heavy atom. The van der Waals surface area contributed by atoms with Crippen molar-refractivity contribution in [3.05, 3.63) is 35.0 Å². The number of unbranched alkanes of at least 4 members (excludes halogenated alkanes) is 1. The molecular formula is C18H20N2O. The van der Waals surface area contributed by atoms with Gasteiger partial charge in [-0.1, -0.05) is 19.4 Å². The SMILES string of the molecule is CCCCc1n[nH]c2ccc3c(c12)CC1CCC(=O)C=C31. The number of aromatic nitrogens is 2. The average Bonchev–Trinajstić information content (AvgIpc) is 3.05. The van der Waals surface area contributed by atoms with Crippen LogP contribution in [0.25, 0.3) is 16.5 Å². The van der Waals surface area contributed by atoms with E-state index in [0.717, 1.165) is 24.8 Å². The number of hydrogen-bond acceptors (Lipinski definition) is 2. The molecule has 3 heteroatoms. The number of rotatable bonds is 3. The van der Waals surface area contributed by atoms with Gasteiger partial charge in [0.05, 0.1) is 11.2 Å². The zero-order chi connectivity index (χ0) is 14.4. The number of allylic oxidation sites excluding steroid dienone is 2. The molecule has 0 amide bonds. The number of hydrogen-bond donors (Lipinski definition) is 1. The lowest BCUT2D eigenvalue weighted by molar-refractivity contribution is -0.115. The van der Waals surface area contributed by atoms with E-state index in [-0.39, 0.29) is 5.78 Å². The quantitative estimate of drug-likeness (QED) is 0.929. The maximum absolute atomic E-state index is 11.7. The first-order chi connectivity index (χ1) is 10.3. The molecule has 0 spiro atoms. The minimum atomic E-state index is 0.285. The van der Waals surface area contributed by atoms with Crippen molar-refractivity contribution in [3.63, 3.8) is 0 Å². The highest BCUT2D eigenvalue weighted by Crippen LogP contribution is 2.45. The molecule has 108 valence electrons. The number of aromatic amines is 1. The van der Waals surface area contributed by atoms with Gasteiger partial charge >= 0.3 is 0 Å². The van der Waals surface area contributed by atoms with E-state index in [1.165, 1.54) is 40.6 Å². The predicted molar refractivity (Wildman–Crippen MR) is 84.1 cm³/mol. The van der Waals surface area contributed by atoms with Gasteiger partial charge in [0.1, 0.15) is 0 Å². The molecule has 2 aliphatic carbocycles. The topological polar surface area (TPSA) is 45.8 Å². The van der Waals surface area contributed by atoms with E-state index in [1.807, 2.05) is 6.08 Å². The molecular weight excluding hydrogens is 260 g/mol. The summed E-state index contributed by atoms with van der Waals surface area (Å²) >= 11 is 0. The van der Waals surface area contributed by atoms with Crippen LogP contribution < -0.4 is 0 Å². The van der Waals surface area contributed by atoms with Crippen molar-refractivity contribution >= 4 is 22.3 Å². The van der Waals surface area contributed by atoms with Crippen LogP contribution in [0, 0.1) is 5.92 Å². The average molecular weight is 280 g/mol. The Labute approximate surface area is 124 Å². The molecule has 0 saturated carbocycles. The molecule has 0 bridgehead atoms. The summed E-state index contributed by atoms with van der Waals surface area (Å²) in [5.41, 5.74) is 6.32. The summed E-state index contributed by atoms with van der Waals surface area (Å²) in [7, 11) is 0. The lowest BCUT2D eigenvalue weighted by Crippen LogP contribution is -2.09. The molecule has 1 N–H and O–H groups in total. The van der Waals surface area contributed by atoms with E-state index >= 15 is 0 Å². The first-order valence-electron chi connectivity index (χ1n) is 8.01. The maximum Gasteiger partial charge on any atom is 0.156 e. The van der Waals surface area contributed by atoms with Crippen molar-refractivity contribution in [2.75, 3.05) is 0 Å². The third kappa shape index (κ3) is 1.95. The number of H-pyrrole nitrogens is 1. The monoisotopic (exact) mass is 280 g/mol. The Kier molecular flexibility index (Phi) is 2.95. The molecule has 21 heavy (non-hydrogen) atoms. The Morgan fingerprint density at radius 3 is 3.14 bits per heavy atom. The third-order valence-corrected chi connectivity index (χ3v) is 4.94. The van der Waals surface area contributed by atoms with Gasteiger partial charge in [0, 0.05) is 11.8 Å². The Morgan fingerprint density at radius 1 is 1.38 bits per heavy atom. The van der Waals surface area contributed by atoms with Gasteiger partial charge in [-0.05, 0) is 60.4 Å². The lowest BCUT2D eigenvalue weighted by Gasteiger charge is -2.15. The van der Waals surface area contributed by atoms with Gasteiger partial charge in [-0.15, -0.1) is 0 Å². The summed E-state index contributed by atoms with van der Waals surface area (Å²) in [5, 5.41) is 9.03. The fourth-order valence-electron chi connectivity index (χ4n) is 3.85. The summed E-state index contributed by atoms with van der Waals surface area (Å²) in [6, 6.07) is 4.29. The van der Waals surface area contributed by atoms with Crippen LogP contribution in [0.4, 0.5) is 0 Å². The van der Waals surface area contributed by atoms with E-state index < -0.39 is 0 Å². The van der Waals surface area contributed by atoms with E-state index in [2.05, 4.69) is 29.3 Å². The smallest absolute Gasteiger partial charge is 0.156 e. The number of carbonyl (C=O) groups excluding carboxylic acids is 1. The molecule has 1 heterocycles. The van der Waals surface area contributed by atoms with Crippen LogP contribution >= 0.6 is 0 Å². The first-order valence-corrected chi connectivity index (χ1v) is 8.01. The largest absolute Gasteiger partial charge is 0.295 e. The van der Waals surface area contributed by atoms with Crippen molar-refractivity contribution in [1.29, 1.82) is 0 Å². The number of nitrogens with zero attached hydrogens (tertiary/aromatic N) is 1. The second kappa shape index (κ2) is 4.83. The number of fused-ring (bicyclic) bond motifs is 5. The van der Waals surface area contributed by atoms with Crippen LogP contribution in [0.15, 0.2) is 18.2 Å². The van der Waals surface area contributed by atoms with Gasteiger partial charge in [-0.25, -0.2) is 0 Å². The Hall–Kier alpha value is -1.90. The lowest BCUT2D eigenvalue weighted by atomic mass is 9.88. The van der Waals surface area contributed by atoms with Crippen molar-refractivity contribution in [2.45, 2.75) is 45.4 Å². The van der Waals surface area contributed by atoms with E-state index in [1.54, 1.807) is 0 Å². The fourth-order valence-corrected chi connectivity index (χ4v) is 3.85. The molecule has 1 aromatic heterocycles. The molecule has 1 aromatic carbocycles. The van der Waals surface area contributed by atoms with E-state index in [9.17, 15) is 4.79 Å². The Balaban J connectivity index is 1.87. The van der Waals surface area contributed by atoms with Crippen molar-refractivity contribution in [2.24, 2.45) is 5.92 Å². The zero-order valence-electron chi connectivity index (χ0n) is 12.4. The number of ketones is 1. The zero-order valence-corrected chi connectivity index (χ0v) is 12.4. The van der Waals surface area contributed by atoms with Crippen LogP contribution in [-0.2, 0) is 17.6 Å². The number of aryl methyl sites for hydroxylation is 1. The number of nitrogens with one attached hydrogen (secondary N) is 1. The van der Waals surface area contributed by atoms with E-state index in [0.29, 0.717) is 12.3 Å². The Bertz CT molecular complexity index is 754. The molecule has 0 radical (unpaired) electrons. The van der Waals surface area contributed by atoms with Crippen LogP contribution in [-0.4, -0.2) is 16.0 Å². The molecule has 0 saturated heterocycles. The highest BCUT2D eigenvalue weighted by Gasteiger charge is 2.32. The molecule has 0 aliphatic heterocycles. The minimum Gasteiger partial charge on any atom is -0.295 e. The van der Waals surface area contributed by atoms with Crippen LogP contribution in [0.2, 0.25) is 0 Å². The minimum absolute atomic E-state index is 0.285. The van der Waals surface area contributed by atoms with Crippen LogP contribution in [0.1, 0.15) is 49.4 Å². The van der Waals surface area contributed by atoms with Gasteiger partial charge < -0.3 is 0 Å². The van der Waals surface area contributed by atoms with Gasteiger partial charge in [-0.3, -0.25) is 9.89 Å². The van der Waals surface area contributed by atoms with Gasteiger partial charge in [0.2, 0.25) is 0 Å². The van der Waals surface area contributed by atoms with Crippen molar-refractivity contribution in [1.82, 2.24) is 10.2 Å². The molecule has 3 nitrogen and oxygen atoms in total. The van der Waals surface area contributed by atoms with Gasteiger partial charge in [0.15, 0.2) is 5.78 Å². The maximum atomic E-state index is 11.7. The second-order valence-electron chi connectivity index (χ2n) is 6.29. The normalized spacial score (nSPS) is 20.5. The molecule has 1 unspecified atom stereocenters. The van der Waals surface area contributed by atoms with Gasteiger partial charge in [-0.2, -0.15) is 5.10 Å². The molecule has 2 aliphatic rings. The highest BCUT2D eigenvalue weighted by atomic mass is 16.1. The molecule has 4 rings (SSSR count). The van der Waals surface area contributed by atoms with Gasteiger partial charge in [0.25, 0.3) is 0 Å². The van der Waals surface area contributed by atoms with Crippen molar-refractivity contribution < 1.29 is 4.79 Å². The van der Waals surface area contributed by atoms with E-state index in [4.69, 9.17) is 0 Å². The van der Waals surface area contributed by atoms with Crippen molar-refractivity contribution in [3.8, 4) is 0 Å². The summed E-state index contributed by atoms with van der Waals surface area (Å²) in [5.74, 6) is 0.824. The summed E-state index contributed by atoms with van der Waals surface area (Å²) in [4.78, 5) is 11.7. The first kappa shape index (κ1) is 12.8. The third-order valence-electron chi connectivity index (χ3n) is 4.94. The highest BCUT2D eigenvalue weighted by molar-refractivity contribution is 6.02. The fraction of sp³-hybridized carbons (Fsp3) is 0.444. The summed E-state index contributed by atoms with van der Waals surface area (Å²) in [6.07, 6.45) is 8.07. The standard InChI is InChI=1S/C18H20N2O/c1-2-3-4-16-18-15-9-11-5-6-12(21)10-14(11)13(15)7-8-17(18)20-19-16/h7-8,10-11H,2-6,9H2,1H3,(H,19,20).